The van der Waals surface area contributed by atoms with E-state index in [2.05, 4.69) is 63.8 Å². The molecule has 0 amide bonds. The van der Waals surface area contributed by atoms with Gasteiger partial charge in [-0.1, -0.05) is 30.3 Å². The van der Waals surface area contributed by atoms with Crippen LogP contribution in [0.4, 0.5) is 0 Å². The second-order valence-corrected chi connectivity index (χ2v) is 6.57. The third-order valence-electron chi connectivity index (χ3n) is 4.54. The Balaban J connectivity index is 1.45. The van der Waals surface area contributed by atoms with Crippen LogP contribution in [0.1, 0.15) is 17.7 Å². The van der Waals surface area contributed by atoms with Gasteiger partial charge >= 0.3 is 0 Å². The molecule has 1 atom stereocenters. The number of hydrogen-bond donors (Lipinski definition) is 0. The monoisotopic (exact) mass is 298 g/mol. The van der Waals surface area contributed by atoms with Gasteiger partial charge in [0.15, 0.2) is 0 Å². The van der Waals surface area contributed by atoms with Gasteiger partial charge in [0.25, 0.3) is 0 Å². The fourth-order valence-electron chi connectivity index (χ4n) is 3.37. The third-order valence-corrected chi connectivity index (χ3v) is 4.54. The summed E-state index contributed by atoms with van der Waals surface area (Å²) in [7, 11) is 4.28. The zero-order valence-corrected chi connectivity index (χ0v) is 13.7. The number of hydrogen-bond acceptors (Lipinski definition) is 3. The van der Waals surface area contributed by atoms with Crippen LogP contribution in [0.15, 0.2) is 42.9 Å². The predicted molar refractivity (Wildman–Crippen MR) is 89.4 cm³/mol. The van der Waals surface area contributed by atoms with Gasteiger partial charge in [0.05, 0.1) is 12.0 Å². The van der Waals surface area contributed by atoms with E-state index < -0.39 is 0 Å². The van der Waals surface area contributed by atoms with E-state index in [9.17, 15) is 0 Å². The summed E-state index contributed by atoms with van der Waals surface area (Å²) in [5, 5.41) is 0. The SMILES string of the molecule is CN(Cc1cncn1C)CC1CCN(Cc2ccccc2)C1. The van der Waals surface area contributed by atoms with Crippen LogP contribution in [0.3, 0.4) is 0 Å². The van der Waals surface area contributed by atoms with Gasteiger partial charge in [-0.25, -0.2) is 4.98 Å². The minimum Gasteiger partial charge on any atom is -0.337 e. The lowest BCUT2D eigenvalue weighted by Crippen LogP contribution is -2.28. The fourth-order valence-corrected chi connectivity index (χ4v) is 3.37. The summed E-state index contributed by atoms with van der Waals surface area (Å²) >= 11 is 0. The van der Waals surface area contributed by atoms with E-state index in [1.807, 2.05) is 12.5 Å². The molecular formula is C18H26N4. The lowest BCUT2D eigenvalue weighted by molar-refractivity contribution is 0.251. The number of aryl methyl sites for hydroxylation is 1. The molecule has 1 aromatic carbocycles. The summed E-state index contributed by atoms with van der Waals surface area (Å²) < 4.78 is 2.10. The third kappa shape index (κ3) is 3.96. The minimum absolute atomic E-state index is 0.780. The summed E-state index contributed by atoms with van der Waals surface area (Å²) in [6.07, 6.45) is 5.15. The first-order valence-electron chi connectivity index (χ1n) is 8.10. The molecule has 0 aliphatic carbocycles. The molecule has 1 saturated heterocycles. The van der Waals surface area contributed by atoms with Gasteiger partial charge in [-0.2, -0.15) is 0 Å². The summed E-state index contributed by atoms with van der Waals surface area (Å²) in [5.41, 5.74) is 2.70. The van der Waals surface area contributed by atoms with Gasteiger partial charge in [0, 0.05) is 39.4 Å². The van der Waals surface area contributed by atoms with Crippen LogP contribution in [0.25, 0.3) is 0 Å². The van der Waals surface area contributed by atoms with Crippen LogP contribution in [0, 0.1) is 5.92 Å². The molecule has 2 aromatic rings. The number of nitrogens with zero attached hydrogens (tertiary/aromatic N) is 4. The maximum Gasteiger partial charge on any atom is 0.0945 e. The van der Waals surface area contributed by atoms with Crippen molar-refractivity contribution < 1.29 is 0 Å². The molecule has 0 spiro atoms. The first kappa shape index (κ1) is 15.3. The van der Waals surface area contributed by atoms with Crippen molar-refractivity contribution in [3.05, 3.63) is 54.1 Å². The molecule has 118 valence electrons. The van der Waals surface area contributed by atoms with Gasteiger partial charge in [0.1, 0.15) is 0 Å². The topological polar surface area (TPSA) is 24.3 Å². The molecule has 3 rings (SSSR count). The normalized spacial score (nSPS) is 19.1. The van der Waals surface area contributed by atoms with Crippen molar-refractivity contribution in [3.8, 4) is 0 Å². The van der Waals surface area contributed by atoms with Crippen molar-refractivity contribution >= 4 is 0 Å². The van der Waals surface area contributed by atoms with Crippen LogP contribution >= 0.6 is 0 Å². The van der Waals surface area contributed by atoms with E-state index in [1.165, 1.54) is 30.8 Å². The smallest absolute Gasteiger partial charge is 0.0945 e. The van der Waals surface area contributed by atoms with Gasteiger partial charge in [-0.3, -0.25) is 4.90 Å². The van der Waals surface area contributed by atoms with Crippen LogP contribution in [-0.2, 0) is 20.1 Å². The van der Waals surface area contributed by atoms with E-state index in [0.29, 0.717) is 0 Å². The van der Waals surface area contributed by atoms with Gasteiger partial charge < -0.3 is 9.47 Å². The quantitative estimate of drug-likeness (QED) is 0.818. The van der Waals surface area contributed by atoms with Crippen molar-refractivity contribution in [1.82, 2.24) is 19.4 Å². The molecule has 4 nitrogen and oxygen atoms in total. The maximum absolute atomic E-state index is 4.19. The zero-order chi connectivity index (χ0) is 15.4. The highest BCUT2D eigenvalue weighted by Crippen LogP contribution is 2.20. The van der Waals surface area contributed by atoms with Crippen molar-refractivity contribution in [2.45, 2.75) is 19.5 Å². The van der Waals surface area contributed by atoms with Gasteiger partial charge in [0.2, 0.25) is 0 Å². The molecule has 0 radical (unpaired) electrons. The average molecular weight is 298 g/mol. The molecule has 1 aliphatic heterocycles. The predicted octanol–water partition coefficient (Wildman–Crippen LogP) is 2.37. The Labute approximate surface area is 133 Å². The molecule has 0 bridgehead atoms. The highest BCUT2D eigenvalue weighted by molar-refractivity contribution is 5.14. The minimum atomic E-state index is 0.780. The van der Waals surface area contributed by atoms with E-state index in [1.54, 1.807) is 0 Å². The Hall–Kier alpha value is -1.65. The highest BCUT2D eigenvalue weighted by Gasteiger charge is 2.23. The number of aromatic nitrogens is 2. The molecule has 4 heteroatoms. The highest BCUT2D eigenvalue weighted by atomic mass is 15.2. The van der Waals surface area contributed by atoms with Crippen molar-refractivity contribution in [3.63, 3.8) is 0 Å². The molecule has 1 fully saturated rings. The Bertz CT molecular complexity index is 578. The molecule has 22 heavy (non-hydrogen) atoms. The van der Waals surface area contributed by atoms with E-state index in [0.717, 1.165) is 25.6 Å². The molecule has 1 aromatic heterocycles. The average Bonchev–Trinajstić information content (AvgIpc) is 3.10. The number of rotatable bonds is 6. The summed E-state index contributed by atoms with van der Waals surface area (Å²) in [6.45, 7) is 5.66. The summed E-state index contributed by atoms with van der Waals surface area (Å²) in [6, 6.07) is 10.8. The molecule has 1 aliphatic rings. The second-order valence-electron chi connectivity index (χ2n) is 6.57. The van der Waals surface area contributed by atoms with E-state index >= 15 is 0 Å². The Morgan fingerprint density at radius 1 is 1.27 bits per heavy atom. The molecular weight excluding hydrogens is 272 g/mol. The maximum atomic E-state index is 4.19. The van der Waals surface area contributed by atoms with E-state index in [-0.39, 0.29) is 0 Å². The molecule has 0 saturated carbocycles. The van der Waals surface area contributed by atoms with Crippen molar-refractivity contribution in [2.75, 3.05) is 26.7 Å². The molecule has 0 N–H and O–H groups in total. The second kappa shape index (κ2) is 7.07. The van der Waals surface area contributed by atoms with Gasteiger partial charge in [-0.15, -0.1) is 0 Å². The van der Waals surface area contributed by atoms with Crippen LogP contribution in [0.2, 0.25) is 0 Å². The van der Waals surface area contributed by atoms with Crippen LogP contribution < -0.4 is 0 Å². The van der Waals surface area contributed by atoms with Gasteiger partial charge in [-0.05, 0) is 31.5 Å². The van der Waals surface area contributed by atoms with Crippen molar-refractivity contribution in [2.24, 2.45) is 13.0 Å². The largest absolute Gasteiger partial charge is 0.337 e. The fraction of sp³-hybridized carbons (Fsp3) is 0.500. The first-order valence-corrected chi connectivity index (χ1v) is 8.10. The Morgan fingerprint density at radius 2 is 2.09 bits per heavy atom. The number of imidazole rings is 1. The lowest BCUT2D eigenvalue weighted by Gasteiger charge is -2.21. The Kier molecular flexibility index (Phi) is 4.90. The molecule has 1 unspecified atom stereocenters. The van der Waals surface area contributed by atoms with Crippen molar-refractivity contribution in [1.29, 1.82) is 0 Å². The first-order chi connectivity index (χ1) is 10.7. The lowest BCUT2D eigenvalue weighted by atomic mass is 10.1. The summed E-state index contributed by atoms with van der Waals surface area (Å²) in [4.78, 5) is 9.20. The standard InChI is InChI=1S/C18H26N4/c1-20(14-18-10-19-15-21(18)2)11-17-8-9-22(13-17)12-16-6-4-3-5-7-16/h3-7,10,15,17H,8-9,11-14H2,1-2H3. The van der Waals surface area contributed by atoms with Crippen LogP contribution in [0.5, 0.6) is 0 Å². The van der Waals surface area contributed by atoms with Crippen LogP contribution in [-0.4, -0.2) is 46.0 Å². The Morgan fingerprint density at radius 3 is 2.82 bits per heavy atom. The zero-order valence-electron chi connectivity index (χ0n) is 13.7. The molecule has 2 heterocycles. The number of likely N-dealkylation sites (tertiary alicyclic amines) is 1. The van der Waals surface area contributed by atoms with E-state index in [4.69, 9.17) is 0 Å². The number of benzene rings is 1. The summed E-state index contributed by atoms with van der Waals surface area (Å²) in [5.74, 6) is 0.780.